The van der Waals surface area contributed by atoms with Crippen LogP contribution in [0.25, 0.3) is 0 Å². The largest absolute Gasteiger partial charge is 0.487 e. The van der Waals surface area contributed by atoms with Crippen LogP contribution in [0.2, 0.25) is 10.0 Å². The summed E-state index contributed by atoms with van der Waals surface area (Å²) < 4.78 is 7.45. The molecular weight excluding hydrogens is 375 g/mol. The lowest BCUT2D eigenvalue weighted by molar-refractivity contribution is 0.0681. The molecule has 1 aliphatic heterocycles. The van der Waals surface area contributed by atoms with Crippen molar-refractivity contribution in [3.63, 3.8) is 0 Å². The molecule has 0 N–H and O–H groups in total. The molecule has 0 radical (unpaired) electrons. The number of aromatic nitrogens is 1. The van der Waals surface area contributed by atoms with E-state index in [1.165, 1.54) is 6.07 Å². The number of unbranched alkanes of at least 4 members (excludes halogenated alkanes) is 1. The summed E-state index contributed by atoms with van der Waals surface area (Å²) in [6.45, 7) is 4.01. The maximum Gasteiger partial charge on any atom is 0.274 e. The predicted molar refractivity (Wildman–Crippen MR) is 102 cm³/mol. The number of amides is 1. The minimum Gasteiger partial charge on any atom is -0.487 e. The lowest BCUT2D eigenvalue weighted by Crippen LogP contribution is -2.41. The first-order chi connectivity index (χ1) is 12.5. The molecule has 138 valence electrons. The number of hydrogen-bond acceptors (Lipinski definition) is 3. The molecule has 0 aliphatic carbocycles. The van der Waals surface area contributed by atoms with E-state index in [0.29, 0.717) is 42.0 Å². The minimum absolute atomic E-state index is 0.143. The van der Waals surface area contributed by atoms with Crippen LogP contribution in [0, 0.1) is 0 Å². The number of hydrogen-bond donors (Lipinski definition) is 0. The molecule has 1 aromatic carbocycles. The van der Waals surface area contributed by atoms with Gasteiger partial charge in [0.15, 0.2) is 11.4 Å². The molecule has 0 fully saturated rings. The highest BCUT2D eigenvalue weighted by Gasteiger charge is 2.29. The second-order valence-corrected chi connectivity index (χ2v) is 7.04. The van der Waals surface area contributed by atoms with Gasteiger partial charge in [-0.05, 0) is 24.1 Å². The van der Waals surface area contributed by atoms with Crippen LogP contribution in [-0.2, 0) is 13.1 Å². The van der Waals surface area contributed by atoms with Crippen LogP contribution in [0.15, 0.2) is 35.3 Å². The van der Waals surface area contributed by atoms with Gasteiger partial charge in [0.05, 0.1) is 16.7 Å². The van der Waals surface area contributed by atoms with Crippen molar-refractivity contribution in [1.82, 2.24) is 9.47 Å². The Balaban J connectivity index is 1.87. The molecule has 2 heterocycles. The van der Waals surface area contributed by atoms with Gasteiger partial charge in [-0.1, -0.05) is 42.6 Å². The van der Waals surface area contributed by atoms with Crippen molar-refractivity contribution in [2.24, 2.45) is 0 Å². The average molecular weight is 395 g/mol. The van der Waals surface area contributed by atoms with Gasteiger partial charge in [0.2, 0.25) is 5.43 Å². The topological polar surface area (TPSA) is 51.5 Å². The molecule has 0 unspecified atom stereocenters. The highest BCUT2D eigenvalue weighted by molar-refractivity contribution is 6.42. The molecule has 5 nitrogen and oxygen atoms in total. The van der Waals surface area contributed by atoms with E-state index in [9.17, 15) is 9.59 Å². The number of fused-ring (bicyclic) bond motifs is 1. The van der Waals surface area contributed by atoms with Gasteiger partial charge in [-0.3, -0.25) is 9.59 Å². The number of nitrogens with zero attached hydrogens (tertiary/aromatic N) is 2. The Bertz CT molecular complexity index is 880. The number of halogens is 2. The Labute approximate surface area is 162 Å². The Kier molecular flexibility index (Phi) is 5.89. The zero-order chi connectivity index (χ0) is 18.7. The van der Waals surface area contributed by atoms with Gasteiger partial charge in [0.1, 0.15) is 0 Å². The lowest BCUT2D eigenvalue weighted by atomic mass is 10.1. The number of benzene rings is 1. The first-order valence-corrected chi connectivity index (χ1v) is 9.36. The molecule has 0 saturated carbocycles. The second-order valence-electron chi connectivity index (χ2n) is 6.23. The number of rotatable bonds is 6. The molecule has 0 spiro atoms. The van der Waals surface area contributed by atoms with Crippen LogP contribution in [0.1, 0.15) is 35.8 Å². The summed E-state index contributed by atoms with van der Waals surface area (Å²) >= 11 is 12.0. The van der Waals surface area contributed by atoms with E-state index in [-0.39, 0.29) is 17.1 Å². The van der Waals surface area contributed by atoms with Crippen LogP contribution >= 0.6 is 23.2 Å². The Hall–Kier alpha value is -1.98. The predicted octanol–water partition coefficient (Wildman–Crippen LogP) is 3.99. The molecule has 1 aromatic heterocycles. The summed E-state index contributed by atoms with van der Waals surface area (Å²) in [5.74, 6) is -0.0729. The maximum atomic E-state index is 13.0. The van der Waals surface area contributed by atoms with E-state index in [1.54, 1.807) is 27.8 Å². The van der Waals surface area contributed by atoms with Gasteiger partial charge in [0, 0.05) is 31.9 Å². The van der Waals surface area contributed by atoms with Gasteiger partial charge in [0.25, 0.3) is 5.91 Å². The van der Waals surface area contributed by atoms with Gasteiger partial charge in [-0.15, -0.1) is 0 Å². The smallest absolute Gasteiger partial charge is 0.274 e. The van der Waals surface area contributed by atoms with E-state index < -0.39 is 0 Å². The van der Waals surface area contributed by atoms with E-state index in [2.05, 4.69) is 0 Å². The van der Waals surface area contributed by atoms with Crippen LogP contribution in [0.5, 0.6) is 5.75 Å². The molecule has 0 atom stereocenters. The monoisotopic (exact) mass is 394 g/mol. The number of carbonyl (C=O) groups is 1. The fourth-order valence-corrected chi connectivity index (χ4v) is 3.23. The standard InChI is InChI=1S/C19H20Cl2N2O3/c1-2-3-10-26-18-16(24)6-7-22-8-9-23(19(25)17(18)22)12-13-4-5-14(20)15(21)11-13/h4-7,11H,2-3,8-10,12H2,1H3. The summed E-state index contributed by atoms with van der Waals surface area (Å²) in [6.07, 6.45) is 3.43. The molecule has 1 aliphatic rings. The molecule has 1 amide bonds. The van der Waals surface area contributed by atoms with Crippen LogP contribution in [-0.4, -0.2) is 28.5 Å². The van der Waals surface area contributed by atoms with E-state index in [4.69, 9.17) is 27.9 Å². The minimum atomic E-state index is -0.267. The highest BCUT2D eigenvalue weighted by Crippen LogP contribution is 2.25. The van der Waals surface area contributed by atoms with Crippen molar-refractivity contribution in [2.45, 2.75) is 32.9 Å². The zero-order valence-electron chi connectivity index (χ0n) is 14.5. The molecule has 7 heteroatoms. The van der Waals surface area contributed by atoms with Crippen LogP contribution in [0.3, 0.4) is 0 Å². The average Bonchev–Trinajstić information content (AvgIpc) is 2.62. The molecule has 3 rings (SSSR count). The van der Waals surface area contributed by atoms with Crippen LogP contribution in [0.4, 0.5) is 0 Å². The third-order valence-corrected chi connectivity index (χ3v) is 5.07. The summed E-state index contributed by atoms with van der Waals surface area (Å²) in [5, 5.41) is 0.928. The first-order valence-electron chi connectivity index (χ1n) is 8.60. The molecule has 0 bridgehead atoms. The Morgan fingerprint density at radius 1 is 1.12 bits per heavy atom. The fraction of sp³-hybridized carbons (Fsp3) is 0.368. The summed E-state index contributed by atoms with van der Waals surface area (Å²) in [7, 11) is 0. The van der Waals surface area contributed by atoms with Gasteiger partial charge in [-0.25, -0.2) is 0 Å². The summed E-state index contributed by atoms with van der Waals surface area (Å²) in [4.78, 5) is 26.9. The molecule has 2 aromatic rings. The second kappa shape index (κ2) is 8.14. The van der Waals surface area contributed by atoms with Gasteiger partial charge in [-0.2, -0.15) is 0 Å². The zero-order valence-corrected chi connectivity index (χ0v) is 16.0. The Morgan fingerprint density at radius 2 is 1.92 bits per heavy atom. The van der Waals surface area contributed by atoms with Gasteiger partial charge >= 0.3 is 0 Å². The van der Waals surface area contributed by atoms with Crippen molar-refractivity contribution < 1.29 is 9.53 Å². The van der Waals surface area contributed by atoms with Crippen molar-refractivity contribution in [3.8, 4) is 5.75 Å². The van der Waals surface area contributed by atoms with Crippen molar-refractivity contribution in [3.05, 3.63) is 62.0 Å². The van der Waals surface area contributed by atoms with Crippen molar-refractivity contribution in [1.29, 1.82) is 0 Å². The maximum absolute atomic E-state index is 13.0. The quantitative estimate of drug-likeness (QED) is 0.695. The number of ether oxygens (including phenoxy) is 1. The van der Waals surface area contributed by atoms with E-state index in [1.807, 2.05) is 13.0 Å². The number of carbonyl (C=O) groups excluding carboxylic acids is 1. The lowest BCUT2D eigenvalue weighted by Gasteiger charge is -2.31. The van der Waals surface area contributed by atoms with Crippen molar-refractivity contribution in [2.75, 3.05) is 13.2 Å². The van der Waals surface area contributed by atoms with E-state index >= 15 is 0 Å². The fourth-order valence-electron chi connectivity index (χ4n) is 2.91. The normalized spacial score (nSPS) is 13.7. The number of pyridine rings is 1. The van der Waals surface area contributed by atoms with Crippen LogP contribution < -0.4 is 10.2 Å². The van der Waals surface area contributed by atoms with E-state index in [0.717, 1.165) is 18.4 Å². The molecule has 26 heavy (non-hydrogen) atoms. The highest BCUT2D eigenvalue weighted by atomic mass is 35.5. The Morgan fingerprint density at radius 3 is 2.65 bits per heavy atom. The summed E-state index contributed by atoms with van der Waals surface area (Å²) in [5.41, 5.74) is 0.935. The van der Waals surface area contributed by atoms with Gasteiger partial charge < -0.3 is 14.2 Å². The SMILES string of the molecule is CCCCOc1c2n(ccc1=O)CCN(Cc1ccc(Cl)c(Cl)c1)C2=O. The van der Waals surface area contributed by atoms with Crippen molar-refractivity contribution >= 4 is 29.1 Å². The molecular formula is C19H20Cl2N2O3. The first kappa shape index (κ1) is 18.8. The summed E-state index contributed by atoms with van der Waals surface area (Å²) in [6, 6.07) is 6.76. The third kappa shape index (κ3) is 3.89. The third-order valence-electron chi connectivity index (χ3n) is 4.33. The molecule has 0 saturated heterocycles.